The maximum Gasteiger partial charge on any atom is 0.237 e. The van der Waals surface area contributed by atoms with Crippen LogP contribution in [0.1, 0.15) is 31.7 Å². The number of rotatable bonds is 3. The van der Waals surface area contributed by atoms with Crippen molar-refractivity contribution in [1.82, 2.24) is 4.98 Å². The van der Waals surface area contributed by atoms with Crippen LogP contribution in [0.2, 0.25) is 0 Å². The summed E-state index contributed by atoms with van der Waals surface area (Å²) in [5.74, 6) is 1.29. The molecule has 18 heavy (non-hydrogen) atoms. The largest absolute Gasteiger partial charge is 0.435 e. The van der Waals surface area contributed by atoms with Gasteiger partial charge in [-0.1, -0.05) is 26.0 Å². The van der Waals surface area contributed by atoms with Crippen molar-refractivity contribution in [2.24, 2.45) is 0 Å². The Balaban J connectivity index is 2.07. The minimum absolute atomic E-state index is 0.566. The number of thiophene rings is 1. The fraction of sp³-hybridized carbons (Fsp3) is 0.267. The van der Waals surface area contributed by atoms with Crippen molar-refractivity contribution in [3.8, 4) is 10.8 Å². The number of aromatic nitrogens is 1. The van der Waals surface area contributed by atoms with Crippen LogP contribution < -0.4 is 0 Å². The molecule has 2 heterocycles. The van der Waals surface area contributed by atoms with Crippen LogP contribution in [0, 0.1) is 0 Å². The zero-order chi connectivity index (χ0) is 12.5. The van der Waals surface area contributed by atoms with Crippen molar-refractivity contribution in [1.29, 1.82) is 0 Å². The van der Waals surface area contributed by atoms with Crippen molar-refractivity contribution in [2.45, 2.75) is 26.2 Å². The molecule has 0 spiro atoms. The van der Waals surface area contributed by atoms with E-state index < -0.39 is 0 Å². The molecule has 0 N–H and O–H groups in total. The third-order valence-corrected chi connectivity index (χ3v) is 4.18. The standard InChI is InChI=1S/C15H15NOS/c1-3-10(2)11-6-7-13-12(9-11)16-15(17-13)14-5-4-8-18-14/h4-10H,3H2,1-2H3. The monoisotopic (exact) mass is 257 g/mol. The van der Waals surface area contributed by atoms with Crippen LogP contribution in [0.3, 0.4) is 0 Å². The molecule has 0 bridgehead atoms. The Labute approximate surface area is 110 Å². The fourth-order valence-electron chi connectivity index (χ4n) is 1.99. The van der Waals surface area contributed by atoms with Crippen LogP contribution in [-0.4, -0.2) is 4.98 Å². The van der Waals surface area contributed by atoms with Gasteiger partial charge in [0.25, 0.3) is 0 Å². The molecule has 0 saturated carbocycles. The number of nitrogens with zero attached hydrogens (tertiary/aromatic N) is 1. The summed E-state index contributed by atoms with van der Waals surface area (Å²) in [5, 5.41) is 2.04. The molecule has 2 aromatic heterocycles. The van der Waals surface area contributed by atoms with Gasteiger partial charge in [0.05, 0.1) is 4.88 Å². The first-order chi connectivity index (χ1) is 8.78. The maximum atomic E-state index is 5.78. The summed E-state index contributed by atoms with van der Waals surface area (Å²) < 4.78 is 5.78. The molecule has 0 aliphatic rings. The Morgan fingerprint density at radius 3 is 2.94 bits per heavy atom. The topological polar surface area (TPSA) is 26.0 Å². The molecule has 0 saturated heterocycles. The summed E-state index contributed by atoms with van der Waals surface area (Å²) >= 11 is 1.65. The molecule has 0 radical (unpaired) electrons. The van der Waals surface area contributed by atoms with Gasteiger partial charge in [0.15, 0.2) is 5.58 Å². The van der Waals surface area contributed by atoms with Crippen molar-refractivity contribution >= 4 is 22.4 Å². The summed E-state index contributed by atoms with van der Waals surface area (Å²) in [5.41, 5.74) is 3.15. The molecule has 3 heteroatoms. The van der Waals surface area contributed by atoms with E-state index in [1.807, 2.05) is 23.6 Å². The lowest BCUT2D eigenvalue weighted by Crippen LogP contribution is -1.90. The van der Waals surface area contributed by atoms with Crippen LogP contribution >= 0.6 is 11.3 Å². The molecule has 0 amide bonds. The summed E-state index contributed by atoms with van der Waals surface area (Å²) in [7, 11) is 0. The Bertz CT molecular complexity index is 654. The smallest absolute Gasteiger partial charge is 0.237 e. The normalized spacial score (nSPS) is 13.0. The molecule has 3 aromatic rings. The second-order valence-corrected chi connectivity index (χ2v) is 5.48. The zero-order valence-electron chi connectivity index (χ0n) is 10.5. The van der Waals surface area contributed by atoms with Gasteiger partial charge in [-0.3, -0.25) is 0 Å². The second-order valence-electron chi connectivity index (χ2n) is 4.53. The third-order valence-electron chi connectivity index (χ3n) is 3.32. The highest BCUT2D eigenvalue weighted by Crippen LogP contribution is 2.29. The predicted octanol–water partition coefficient (Wildman–Crippen LogP) is 5.07. The molecule has 0 fully saturated rings. The first-order valence-corrected chi connectivity index (χ1v) is 7.10. The van der Waals surface area contributed by atoms with Crippen molar-refractivity contribution in [3.63, 3.8) is 0 Å². The highest BCUT2D eigenvalue weighted by atomic mass is 32.1. The number of hydrogen-bond donors (Lipinski definition) is 0. The van der Waals surface area contributed by atoms with Crippen LogP contribution in [0.25, 0.3) is 21.9 Å². The molecule has 3 rings (SSSR count). The van der Waals surface area contributed by atoms with Crippen molar-refractivity contribution in [3.05, 3.63) is 41.3 Å². The van der Waals surface area contributed by atoms with Gasteiger partial charge in [-0.05, 0) is 41.5 Å². The van der Waals surface area contributed by atoms with E-state index in [1.54, 1.807) is 11.3 Å². The lowest BCUT2D eigenvalue weighted by Gasteiger charge is -2.07. The molecule has 1 atom stereocenters. The van der Waals surface area contributed by atoms with Gasteiger partial charge in [0.1, 0.15) is 5.52 Å². The SMILES string of the molecule is CCC(C)c1ccc2oc(-c3cccs3)nc2c1. The fourth-order valence-corrected chi connectivity index (χ4v) is 2.64. The van der Waals surface area contributed by atoms with Crippen LogP contribution in [0.4, 0.5) is 0 Å². The predicted molar refractivity (Wildman–Crippen MR) is 76.0 cm³/mol. The van der Waals surface area contributed by atoms with E-state index in [0.29, 0.717) is 5.92 Å². The quantitative estimate of drug-likeness (QED) is 0.654. The summed E-state index contributed by atoms with van der Waals surface area (Å²) in [4.78, 5) is 5.66. The summed E-state index contributed by atoms with van der Waals surface area (Å²) in [6.07, 6.45) is 1.14. The first-order valence-electron chi connectivity index (χ1n) is 6.22. The van der Waals surface area contributed by atoms with Gasteiger partial charge in [0.2, 0.25) is 5.89 Å². The van der Waals surface area contributed by atoms with Crippen LogP contribution in [-0.2, 0) is 0 Å². The van der Waals surface area contributed by atoms with E-state index in [-0.39, 0.29) is 0 Å². The van der Waals surface area contributed by atoms with Crippen LogP contribution in [0.15, 0.2) is 40.1 Å². The molecule has 0 aliphatic carbocycles. The number of oxazole rings is 1. The van der Waals surface area contributed by atoms with E-state index in [2.05, 4.69) is 31.0 Å². The van der Waals surface area contributed by atoms with E-state index in [0.717, 1.165) is 28.3 Å². The van der Waals surface area contributed by atoms with Crippen molar-refractivity contribution < 1.29 is 4.42 Å². The van der Waals surface area contributed by atoms with Gasteiger partial charge in [-0.15, -0.1) is 11.3 Å². The highest BCUT2D eigenvalue weighted by Gasteiger charge is 2.11. The van der Waals surface area contributed by atoms with Crippen molar-refractivity contribution in [2.75, 3.05) is 0 Å². The Hall–Kier alpha value is -1.61. The average molecular weight is 257 g/mol. The maximum absolute atomic E-state index is 5.78. The lowest BCUT2D eigenvalue weighted by atomic mass is 9.98. The summed E-state index contributed by atoms with van der Waals surface area (Å²) in [6.45, 7) is 4.44. The zero-order valence-corrected chi connectivity index (χ0v) is 11.3. The van der Waals surface area contributed by atoms with E-state index in [1.165, 1.54) is 5.56 Å². The molecule has 1 aromatic carbocycles. The van der Waals surface area contributed by atoms with Gasteiger partial charge in [0, 0.05) is 0 Å². The Morgan fingerprint density at radius 1 is 1.33 bits per heavy atom. The minimum Gasteiger partial charge on any atom is -0.435 e. The van der Waals surface area contributed by atoms with Gasteiger partial charge in [-0.25, -0.2) is 4.98 Å². The van der Waals surface area contributed by atoms with E-state index in [4.69, 9.17) is 4.42 Å². The molecular formula is C15H15NOS. The highest BCUT2D eigenvalue weighted by molar-refractivity contribution is 7.13. The summed E-state index contributed by atoms with van der Waals surface area (Å²) in [6, 6.07) is 10.4. The van der Waals surface area contributed by atoms with Gasteiger partial charge in [-0.2, -0.15) is 0 Å². The average Bonchev–Trinajstić information content (AvgIpc) is 3.04. The third kappa shape index (κ3) is 1.95. The minimum atomic E-state index is 0.566. The Kier molecular flexibility index (Phi) is 2.92. The first kappa shape index (κ1) is 11.5. The Morgan fingerprint density at radius 2 is 2.22 bits per heavy atom. The molecule has 1 unspecified atom stereocenters. The molecule has 92 valence electrons. The molecule has 0 aliphatic heterocycles. The van der Waals surface area contributed by atoms with Gasteiger partial charge < -0.3 is 4.42 Å². The van der Waals surface area contributed by atoms with Crippen LogP contribution in [0.5, 0.6) is 0 Å². The molecule has 2 nitrogen and oxygen atoms in total. The lowest BCUT2D eigenvalue weighted by molar-refractivity contribution is 0.621. The van der Waals surface area contributed by atoms with E-state index >= 15 is 0 Å². The number of hydrogen-bond acceptors (Lipinski definition) is 3. The van der Waals surface area contributed by atoms with E-state index in [9.17, 15) is 0 Å². The number of benzene rings is 1. The van der Waals surface area contributed by atoms with Gasteiger partial charge >= 0.3 is 0 Å². The number of fused-ring (bicyclic) bond motifs is 1. The molecular weight excluding hydrogens is 242 g/mol. The second kappa shape index (κ2) is 4.58.